The molecule has 0 amide bonds. The van der Waals surface area contributed by atoms with Crippen LogP contribution in [0.1, 0.15) is 47.4 Å². The van der Waals surface area contributed by atoms with Gasteiger partial charge >= 0.3 is 5.97 Å². The molecule has 4 nitrogen and oxygen atoms in total. The molecule has 1 aromatic heterocycles. The van der Waals surface area contributed by atoms with Crippen LogP contribution in [0.5, 0.6) is 0 Å². The second-order valence-corrected chi connectivity index (χ2v) is 5.06. The zero-order chi connectivity index (χ0) is 14.9. The monoisotopic (exact) mass is 273 g/mol. The number of rotatable bonds is 4. The number of aryl methyl sites for hydroxylation is 2. The van der Waals surface area contributed by atoms with Gasteiger partial charge in [0.15, 0.2) is 5.43 Å². The Morgan fingerprint density at radius 2 is 2.00 bits per heavy atom. The van der Waals surface area contributed by atoms with Crippen LogP contribution in [-0.2, 0) is 12.8 Å². The Bertz CT molecular complexity index is 729. The summed E-state index contributed by atoms with van der Waals surface area (Å²) in [4.78, 5) is 26.8. The van der Waals surface area contributed by atoms with E-state index < -0.39 is 5.97 Å². The summed E-state index contributed by atoms with van der Waals surface area (Å²) in [5, 5.41) is 9.88. The smallest absolute Gasteiger partial charge is 0.352 e. The number of nitrogens with one attached hydrogen (secondary N) is 1. The lowest BCUT2D eigenvalue weighted by atomic mass is 9.99. The molecule has 0 fully saturated rings. The van der Waals surface area contributed by atoms with Crippen LogP contribution in [0.25, 0.3) is 10.9 Å². The van der Waals surface area contributed by atoms with Crippen LogP contribution in [0.3, 0.4) is 0 Å². The predicted molar refractivity (Wildman–Crippen MR) is 79.6 cm³/mol. The maximum absolute atomic E-state index is 12.5. The predicted octanol–water partition coefficient (Wildman–Crippen LogP) is 3.05. The van der Waals surface area contributed by atoms with Crippen molar-refractivity contribution >= 4 is 16.9 Å². The molecule has 0 unspecified atom stereocenters. The summed E-state index contributed by atoms with van der Waals surface area (Å²) in [6.45, 7) is 5.81. The van der Waals surface area contributed by atoms with Crippen molar-refractivity contribution in [2.45, 2.75) is 40.0 Å². The third-order valence-corrected chi connectivity index (χ3v) is 3.52. The number of pyridine rings is 1. The molecule has 0 spiro atoms. The summed E-state index contributed by atoms with van der Waals surface area (Å²) in [5.41, 5.74) is 2.89. The van der Waals surface area contributed by atoms with E-state index in [9.17, 15) is 14.7 Å². The zero-order valence-electron chi connectivity index (χ0n) is 12.0. The van der Waals surface area contributed by atoms with Crippen LogP contribution < -0.4 is 5.43 Å². The fraction of sp³-hybridized carbons (Fsp3) is 0.375. The van der Waals surface area contributed by atoms with Gasteiger partial charge in [0, 0.05) is 10.9 Å². The number of benzene rings is 1. The fourth-order valence-electron chi connectivity index (χ4n) is 2.65. The molecule has 0 bridgehead atoms. The summed E-state index contributed by atoms with van der Waals surface area (Å²) in [6, 6.07) is 3.84. The van der Waals surface area contributed by atoms with Crippen LogP contribution in [-0.4, -0.2) is 16.1 Å². The number of aromatic amines is 1. The first-order chi connectivity index (χ1) is 9.49. The standard InChI is InChI=1S/C16H19NO3/c1-4-6-10-7-9(3)8-12-13(10)17-14(16(19)20)11(5-2)15(12)18/h7-8H,4-6H2,1-3H3,(H,17,18)(H,19,20). The highest BCUT2D eigenvalue weighted by molar-refractivity contribution is 5.92. The Balaban J connectivity index is 2.93. The second kappa shape index (κ2) is 5.49. The molecule has 20 heavy (non-hydrogen) atoms. The van der Waals surface area contributed by atoms with Crippen molar-refractivity contribution in [3.8, 4) is 0 Å². The van der Waals surface area contributed by atoms with Gasteiger partial charge in [-0.1, -0.05) is 26.3 Å². The van der Waals surface area contributed by atoms with E-state index in [0.29, 0.717) is 22.9 Å². The molecular formula is C16H19NO3. The van der Waals surface area contributed by atoms with Crippen LogP contribution in [0.2, 0.25) is 0 Å². The Labute approximate surface area is 117 Å². The van der Waals surface area contributed by atoms with Gasteiger partial charge in [0.05, 0.1) is 5.52 Å². The van der Waals surface area contributed by atoms with Gasteiger partial charge in [-0.15, -0.1) is 0 Å². The van der Waals surface area contributed by atoms with Gasteiger partial charge in [-0.2, -0.15) is 0 Å². The molecule has 0 aliphatic heterocycles. The van der Waals surface area contributed by atoms with Gasteiger partial charge in [0.1, 0.15) is 5.69 Å². The highest BCUT2D eigenvalue weighted by atomic mass is 16.4. The zero-order valence-corrected chi connectivity index (χ0v) is 12.0. The maximum atomic E-state index is 12.5. The summed E-state index contributed by atoms with van der Waals surface area (Å²) in [6.07, 6.45) is 2.17. The van der Waals surface area contributed by atoms with E-state index in [2.05, 4.69) is 11.9 Å². The average molecular weight is 273 g/mol. The third-order valence-electron chi connectivity index (χ3n) is 3.52. The summed E-state index contributed by atoms with van der Waals surface area (Å²) in [7, 11) is 0. The minimum absolute atomic E-state index is 0.0196. The molecule has 0 saturated heterocycles. The maximum Gasteiger partial charge on any atom is 0.352 e. The van der Waals surface area contributed by atoms with Crippen LogP contribution in [0.15, 0.2) is 16.9 Å². The Hall–Kier alpha value is -2.10. The van der Waals surface area contributed by atoms with Gasteiger partial charge in [-0.25, -0.2) is 4.79 Å². The molecule has 2 aromatic rings. The SMILES string of the molecule is CCCc1cc(C)cc2c(=O)c(CC)c(C(=O)O)[nH]c12. The van der Waals surface area contributed by atoms with E-state index in [1.807, 2.05) is 19.1 Å². The number of hydrogen-bond donors (Lipinski definition) is 2. The molecule has 0 radical (unpaired) electrons. The minimum Gasteiger partial charge on any atom is -0.477 e. The number of aromatic nitrogens is 1. The van der Waals surface area contributed by atoms with Gasteiger partial charge < -0.3 is 10.1 Å². The minimum atomic E-state index is -1.08. The van der Waals surface area contributed by atoms with Crippen molar-refractivity contribution in [1.29, 1.82) is 0 Å². The van der Waals surface area contributed by atoms with Crippen molar-refractivity contribution < 1.29 is 9.90 Å². The van der Waals surface area contributed by atoms with E-state index in [4.69, 9.17) is 0 Å². The van der Waals surface area contributed by atoms with Crippen molar-refractivity contribution in [3.63, 3.8) is 0 Å². The highest BCUT2D eigenvalue weighted by Crippen LogP contribution is 2.20. The van der Waals surface area contributed by atoms with E-state index in [0.717, 1.165) is 24.0 Å². The molecule has 2 rings (SSSR count). The first-order valence-corrected chi connectivity index (χ1v) is 6.91. The number of carboxylic acids is 1. The molecule has 106 valence electrons. The largest absolute Gasteiger partial charge is 0.477 e. The number of carboxylic acid groups (broad SMARTS) is 1. The molecule has 2 N–H and O–H groups in total. The van der Waals surface area contributed by atoms with Crippen LogP contribution in [0, 0.1) is 6.92 Å². The van der Waals surface area contributed by atoms with Gasteiger partial charge in [-0.3, -0.25) is 4.79 Å². The van der Waals surface area contributed by atoms with Crippen LogP contribution >= 0.6 is 0 Å². The van der Waals surface area contributed by atoms with Crippen LogP contribution in [0.4, 0.5) is 0 Å². The first kappa shape index (κ1) is 14.3. The third kappa shape index (κ3) is 2.33. The van der Waals surface area contributed by atoms with Gasteiger partial charge in [0.2, 0.25) is 0 Å². The van der Waals surface area contributed by atoms with E-state index in [1.165, 1.54) is 0 Å². The molecule has 1 aromatic carbocycles. The lowest BCUT2D eigenvalue weighted by Gasteiger charge is -2.11. The number of hydrogen-bond acceptors (Lipinski definition) is 2. The number of H-pyrrole nitrogens is 1. The van der Waals surface area contributed by atoms with Crippen molar-refractivity contribution in [1.82, 2.24) is 4.98 Å². The van der Waals surface area contributed by atoms with Gasteiger partial charge in [-0.05, 0) is 37.0 Å². The molecular weight excluding hydrogens is 254 g/mol. The average Bonchev–Trinajstić information content (AvgIpc) is 2.39. The molecule has 1 heterocycles. The molecule has 0 saturated carbocycles. The normalized spacial score (nSPS) is 10.9. The van der Waals surface area contributed by atoms with Crippen molar-refractivity contribution in [2.75, 3.05) is 0 Å². The summed E-state index contributed by atoms with van der Waals surface area (Å²) in [5.74, 6) is -1.08. The Morgan fingerprint density at radius 1 is 1.30 bits per heavy atom. The fourth-order valence-corrected chi connectivity index (χ4v) is 2.65. The lowest BCUT2D eigenvalue weighted by Crippen LogP contribution is -2.18. The van der Waals surface area contributed by atoms with Gasteiger partial charge in [0.25, 0.3) is 0 Å². The second-order valence-electron chi connectivity index (χ2n) is 5.06. The molecule has 0 aliphatic rings. The summed E-state index contributed by atoms with van der Waals surface area (Å²) >= 11 is 0. The van der Waals surface area contributed by atoms with E-state index in [-0.39, 0.29) is 11.1 Å². The molecule has 0 atom stereocenters. The first-order valence-electron chi connectivity index (χ1n) is 6.91. The topological polar surface area (TPSA) is 70.2 Å². The highest BCUT2D eigenvalue weighted by Gasteiger charge is 2.17. The molecule has 0 aliphatic carbocycles. The Morgan fingerprint density at radius 3 is 2.55 bits per heavy atom. The molecule has 4 heteroatoms. The summed E-state index contributed by atoms with van der Waals surface area (Å²) < 4.78 is 0. The van der Waals surface area contributed by atoms with Crippen molar-refractivity contribution in [3.05, 3.63) is 44.7 Å². The number of carbonyl (C=O) groups is 1. The number of aromatic carboxylic acids is 1. The lowest BCUT2D eigenvalue weighted by molar-refractivity contribution is 0.0689. The quantitative estimate of drug-likeness (QED) is 0.899. The van der Waals surface area contributed by atoms with E-state index in [1.54, 1.807) is 6.92 Å². The van der Waals surface area contributed by atoms with E-state index >= 15 is 0 Å². The number of fused-ring (bicyclic) bond motifs is 1. The van der Waals surface area contributed by atoms with Crippen molar-refractivity contribution in [2.24, 2.45) is 0 Å². The Kier molecular flexibility index (Phi) is 3.93.